The highest BCUT2D eigenvalue weighted by Gasteiger charge is 2.09. The normalized spacial score (nSPS) is 12.1. The molecule has 0 aliphatic carbocycles. The highest BCUT2D eigenvalue weighted by Crippen LogP contribution is 2.09. The lowest BCUT2D eigenvalue weighted by atomic mass is 10.2. The Morgan fingerprint density at radius 2 is 2.47 bits per heavy atom. The Labute approximate surface area is 93.7 Å². The van der Waals surface area contributed by atoms with Crippen LogP contribution < -0.4 is 11.1 Å². The first kappa shape index (κ1) is 11.8. The van der Waals surface area contributed by atoms with Gasteiger partial charge in [0.1, 0.15) is 0 Å². The molecule has 0 aliphatic rings. The molecule has 1 aromatic heterocycles. The number of hydrogen-bond donors (Lipinski definition) is 2. The number of rotatable bonds is 4. The number of carbonyl (C=O) groups excluding carboxylic acids is 1. The largest absolute Gasteiger partial charge is 0.397 e. The summed E-state index contributed by atoms with van der Waals surface area (Å²) in [7, 11) is 0. The molecule has 1 aromatic rings. The van der Waals surface area contributed by atoms with E-state index in [0.717, 1.165) is 0 Å². The molecule has 0 saturated heterocycles. The van der Waals surface area contributed by atoms with Gasteiger partial charge in [-0.05, 0) is 12.3 Å². The molecule has 5 heteroatoms. The van der Waals surface area contributed by atoms with Crippen molar-refractivity contribution in [2.24, 2.45) is 0 Å². The average molecular weight is 225 g/mol. The number of hydrogen-bond acceptors (Lipinski definition) is 4. The van der Waals surface area contributed by atoms with Crippen LogP contribution in [0.4, 0.5) is 5.69 Å². The minimum Gasteiger partial charge on any atom is -0.397 e. The fraction of sp³-hybridized carbons (Fsp3) is 0.400. The maximum absolute atomic E-state index is 11.7. The summed E-state index contributed by atoms with van der Waals surface area (Å²) in [6.45, 7) is 2.70. The van der Waals surface area contributed by atoms with Gasteiger partial charge in [0.15, 0.2) is 0 Å². The third-order valence-corrected chi connectivity index (χ3v) is 3.02. The van der Waals surface area contributed by atoms with Gasteiger partial charge < -0.3 is 11.1 Å². The smallest absolute Gasteiger partial charge is 0.253 e. The van der Waals surface area contributed by atoms with Crippen molar-refractivity contribution >= 4 is 23.4 Å². The van der Waals surface area contributed by atoms with Crippen LogP contribution in [-0.4, -0.2) is 28.9 Å². The highest BCUT2D eigenvalue weighted by molar-refractivity contribution is 7.99. The standard InChI is InChI=1S/C10H15N3OS/c1-7(15-2)5-13-10(14)8-3-4-12-6-9(8)11/h3-4,6-7H,5,11H2,1-2H3,(H,13,14). The lowest BCUT2D eigenvalue weighted by Crippen LogP contribution is -2.29. The maximum atomic E-state index is 11.7. The molecule has 1 atom stereocenters. The van der Waals surface area contributed by atoms with E-state index in [2.05, 4.69) is 17.2 Å². The van der Waals surface area contributed by atoms with E-state index >= 15 is 0 Å². The number of carbonyl (C=O) groups is 1. The van der Waals surface area contributed by atoms with Crippen LogP contribution in [0.15, 0.2) is 18.5 Å². The van der Waals surface area contributed by atoms with Crippen LogP contribution in [0.25, 0.3) is 0 Å². The number of nitrogens with zero attached hydrogens (tertiary/aromatic N) is 1. The van der Waals surface area contributed by atoms with Gasteiger partial charge in [-0.1, -0.05) is 6.92 Å². The van der Waals surface area contributed by atoms with Crippen LogP contribution >= 0.6 is 11.8 Å². The lowest BCUT2D eigenvalue weighted by Gasteiger charge is -2.10. The van der Waals surface area contributed by atoms with Crippen molar-refractivity contribution in [2.75, 3.05) is 18.5 Å². The first-order valence-electron chi connectivity index (χ1n) is 4.65. The Kier molecular flexibility index (Phi) is 4.42. The van der Waals surface area contributed by atoms with E-state index < -0.39 is 0 Å². The molecule has 1 amide bonds. The summed E-state index contributed by atoms with van der Waals surface area (Å²) in [5, 5.41) is 3.22. The van der Waals surface area contributed by atoms with Crippen LogP contribution in [0.2, 0.25) is 0 Å². The van der Waals surface area contributed by atoms with Gasteiger partial charge >= 0.3 is 0 Å². The molecule has 0 bridgehead atoms. The van der Waals surface area contributed by atoms with E-state index in [-0.39, 0.29) is 5.91 Å². The third-order valence-electron chi connectivity index (χ3n) is 2.05. The zero-order valence-corrected chi connectivity index (χ0v) is 9.67. The fourth-order valence-electron chi connectivity index (χ4n) is 1.03. The summed E-state index contributed by atoms with van der Waals surface area (Å²) >= 11 is 1.71. The maximum Gasteiger partial charge on any atom is 0.253 e. The zero-order valence-electron chi connectivity index (χ0n) is 8.86. The summed E-state index contributed by atoms with van der Waals surface area (Å²) in [6, 6.07) is 1.62. The van der Waals surface area contributed by atoms with E-state index in [0.29, 0.717) is 23.0 Å². The molecule has 0 saturated carbocycles. The second kappa shape index (κ2) is 5.60. The summed E-state index contributed by atoms with van der Waals surface area (Å²) in [4.78, 5) is 15.5. The quantitative estimate of drug-likeness (QED) is 0.806. The number of nitrogens with two attached hydrogens (primary N) is 1. The first-order chi connectivity index (χ1) is 7.15. The van der Waals surface area contributed by atoms with E-state index in [9.17, 15) is 4.79 Å². The molecule has 82 valence electrons. The molecule has 15 heavy (non-hydrogen) atoms. The molecule has 0 spiro atoms. The van der Waals surface area contributed by atoms with E-state index in [1.54, 1.807) is 24.0 Å². The number of nitrogen functional groups attached to an aromatic ring is 1. The van der Waals surface area contributed by atoms with Gasteiger partial charge in [0.25, 0.3) is 5.91 Å². The average Bonchev–Trinajstić information content (AvgIpc) is 2.26. The SMILES string of the molecule is CSC(C)CNC(=O)c1ccncc1N. The number of nitrogens with one attached hydrogen (secondary N) is 1. The molecule has 1 rings (SSSR count). The predicted molar refractivity (Wildman–Crippen MR) is 64.0 cm³/mol. The monoisotopic (exact) mass is 225 g/mol. The van der Waals surface area contributed by atoms with Gasteiger partial charge in [-0.3, -0.25) is 9.78 Å². The summed E-state index contributed by atoms with van der Waals surface area (Å²) < 4.78 is 0. The highest BCUT2D eigenvalue weighted by atomic mass is 32.2. The van der Waals surface area contributed by atoms with Gasteiger partial charge in [-0.2, -0.15) is 11.8 Å². The molecule has 0 fully saturated rings. The van der Waals surface area contributed by atoms with E-state index in [4.69, 9.17) is 5.73 Å². The van der Waals surface area contributed by atoms with Crippen molar-refractivity contribution in [1.29, 1.82) is 0 Å². The minimum absolute atomic E-state index is 0.143. The van der Waals surface area contributed by atoms with Crippen LogP contribution in [0.5, 0.6) is 0 Å². The van der Waals surface area contributed by atoms with Crippen LogP contribution in [0.3, 0.4) is 0 Å². The number of pyridine rings is 1. The van der Waals surface area contributed by atoms with Crippen LogP contribution in [-0.2, 0) is 0 Å². The Morgan fingerprint density at radius 1 is 1.73 bits per heavy atom. The van der Waals surface area contributed by atoms with Crippen molar-refractivity contribution in [2.45, 2.75) is 12.2 Å². The Balaban J connectivity index is 2.58. The van der Waals surface area contributed by atoms with Gasteiger partial charge in [-0.15, -0.1) is 0 Å². The fourth-order valence-corrected chi connectivity index (χ4v) is 1.28. The van der Waals surface area contributed by atoms with Gasteiger partial charge in [0, 0.05) is 18.0 Å². The Hall–Kier alpha value is -1.23. The van der Waals surface area contributed by atoms with Crippen LogP contribution in [0, 0.1) is 0 Å². The number of amides is 1. The summed E-state index contributed by atoms with van der Waals surface area (Å²) in [6.07, 6.45) is 5.05. The van der Waals surface area contributed by atoms with Crippen molar-refractivity contribution in [3.05, 3.63) is 24.0 Å². The molecule has 0 aromatic carbocycles. The molecule has 4 nitrogen and oxygen atoms in total. The van der Waals surface area contributed by atoms with Crippen molar-refractivity contribution in [3.63, 3.8) is 0 Å². The summed E-state index contributed by atoms with van der Waals surface area (Å²) in [5.74, 6) is -0.143. The number of anilines is 1. The Bertz CT molecular complexity index is 343. The van der Waals surface area contributed by atoms with E-state index in [1.807, 2.05) is 6.26 Å². The zero-order chi connectivity index (χ0) is 11.3. The molecule has 0 aliphatic heterocycles. The Morgan fingerprint density at radius 3 is 3.07 bits per heavy atom. The number of aromatic nitrogens is 1. The van der Waals surface area contributed by atoms with E-state index in [1.165, 1.54) is 6.20 Å². The third kappa shape index (κ3) is 3.43. The molecular formula is C10H15N3OS. The predicted octanol–water partition coefficient (Wildman–Crippen LogP) is 1.15. The first-order valence-corrected chi connectivity index (χ1v) is 5.94. The van der Waals surface area contributed by atoms with Gasteiger partial charge in [0.2, 0.25) is 0 Å². The number of thioether (sulfide) groups is 1. The topological polar surface area (TPSA) is 68.0 Å². The van der Waals surface area contributed by atoms with Gasteiger partial charge in [0.05, 0.1) is 17.4 Å². The second-order valence-electron chi connectivity index (χ2n) is 3.22. The minimum atomic E-state index is -0.143. The van der Waals surface area contributed by atoms with Crippen molar-refractivity contribution in [3.8, 4) is 0 Å². The summed E-state index contributed by atoms with van der Waals surface area (Å²) in [5.41, 5.74) is 6.53. The van der Waals surface area contributed by atoms with Crippen molar-refractivity contribution in [1.82, 2.24) is 10.3 Å². The molecule has 3 N–H and O–H groups in total. The molecule has 1 heterocycles. The molecule has 0 radical (unpaired) electrons. The van der Waals surface area contributed by atoms with Crippen molar-refractivity contribution < 1.29 is 4.79 Å². The van der Waals surface area contributed by atoms with Crippen LogP contribution in [0.1, 0.15) is 17.3 Å². The molecule has 1 unspecified atom stereocenters. The van der Waals surface area contributed by atoms with Gasteiger partial charge in [-0.25, -0.2) is 0 Å². The lowest BCUT2D eigenvalue weighted by molar-refractivity contribution is 0.0955. The molecular weight excluding hydrogens is 210 g/mol. The second-order valence-corrected chi connectivity index (χ2v) is 4.50.